The highest BCUT2D eigenvalue weighted by Gasteiger charge is 2.35. The van der Waals surface area contributed by atoms with Crippen LogP contribution in [0.4, 0.5) is 10.1 Å². The lowest BCUT2D eigenvalue weighted by Gasteiger charge is -2.25. The van der Waals surface area contributed by atoms with Crippen LogP contribution in [0.1, 0.15) is 34.0 Å². The molecule has 4 aromatic carbocycles. The number of carbonyl (C=O) groups excluding carboxylic acids is 4. The van der Waals surface area contributed by atoms with E-state index in [0.29, 0.717) is 28.1 Å². The second-order valence-electron chi connectivity index (χ2n) is 10.1. The van der Waals surface area contributed by atoms with Crippen LogP contribution >= 0.6 is 0 Å². The highest BCUT2D eigenvalue weighted by atomic mass is 19.1. The monoisotopic (exact) mass is 576 g/mol. The SMILES string of the molecule is C[C@H](NC(=O)Cc1cccc(F)c1)C(=O)NC1N=C(c2ccccc2)c2ccccc2N(CC(=O)c2ccccc2)C1=O. The van der Waals surface area contributed by atoms with E-state index < -0.39 is 35.7 Å². The van der Waals surface area contributed by atoms with Crippen molar-refractivity contribution in [3.05, 3.63) is 137 Å². The number of ketones is 1. The predicted molar refractivity (Wildman–Crippen MR) is 161 cm³/mol. The largest absolute Gasteiger partial charge is 0.344 e. The van der Waals surface area contributed by atoms with Crippen LogP contribution in [-0.2, 0) is 20.8 Å². The molecular weight excluding hydrogens is 547 g/mol. The minimum Gasteiger partial charge on any atom is -0.344 e. The molecule has 1 unspecified atom stereocenters. The fourth-order valence-electron chi connectivity index (χ4n) is 4.82. The predicted octanol–water partition coefficient (Wildman–Crippen LogP) is 4.08. The van der Waals surface area contributed by atoms with Gasteiger partial charge in [-0.1, -0.05) is 91.0 Å². The summed E-state index contributed by atoms with van der Waals surface area (Å²) < 4.78 is 13.5. The van der Waals surface area contributed by atoms with E-state index in [1.165, 1.54) is 30.0 Å². The van der Waals surface area contributed by atoms with Crippen molar-refractivity contribution in [3.63, 3.8) is 0 Å². The molecule has 2 N–H and O–H groups in total. The fraction of sp³-hybridized carbons (Fsp3) is 0.147. The lowest BCUT2D eigenvalue weighted by Crippen LogP contribution is -2.53. The number of nitrogens with zero attached hydrogens (tertiary/aromatic N) is 2. The van der Waals surface area contributed by atoms with Crippen molar-refractivity contribution in [2.75, 3.05) is 11.4 Å². The van der Waals surface area contributed by atoms with Gasteiger partial charge in [-0.3, -0.25) is 19.2 Å². The van der Waals surface area contributed by atoms with Crippen molar-refractivity contribution in [2.24, 2.45) is 4.99 Å². The van der Waals surface area contributed by atoms with E-state index >= 15 is 0 Å². The molecule has 0 saturated carbocycles. The third-order valence-electron chi connectivity index (χ3n) is 6.96. The summed E-state index contributed by atoms with van der Waals surface area (Å²) in [6.07, 6.45) is -1.51. The molecule has 0 bridgehead atoms. The minimum atomic E-state index is -1.39. The maximum atomic E-state index is 14.0. The first kappa shape index (κ1) is 29.1. The number of Topliss-reactive ketones (excluding diaryl/α,β-unsaturated/α-hetero) is 1. The van der Waals surface area contributed by atoms with Gasteiger partial charge >= 0.3 is 0 Å². The topological polar surface area (TPSA) is 108 Å². The molecule has 0 fully saturated rings. The number of hydrogen-bond donors (Lipinski definition) is 2. The van der Waals surface area contributed by atoms with E-state index in [4.69, 9.17) is 4.99 Å². The summed E-state index contributed by atoms with van der Waals surface area (Å²) in [6, 6.07) is 29.6. The third-order valence-corrected chi connectivity index (χ3v) is 6.96. The number of aliphatic imine (C=N–C) groups is 1. The molecular formula is C34H29FN4O4. The van der Waals surface area contributed by atoms with Crippen LogP contribution in [0.3, 0.4) is 0 Å². The molecule has 0 aliphatic carbocycles. The van der Waals surface area contributed by atoms with Gasteiger partial charge in [0.05, 0.1) is 24.4 Å². The summed E-state index contributed by atoms with van der Waals surface area (Å²) >= 11 is 0. The highest BCUT2D eigenvalue weighted by molar-refractivity contribution is 6.21. The molecule has 0 saturated heterocycles. The molecule has 8 nitrogen and oxygen atoms in total. The number of halogens is 1. The number of benzodiazepines with no additional fused rings is 1. The Morgan fingerprint density at radius 1 is 0.884 bits per heavy atom. The Hall–Kier alpha value is -5.44. The number of anilines is 1. The van der Waals surface area contributed by atoms with Gasteiger partial charge < -0.3 is 15.5 Å². The van der Waals surface area contributed by atoms with Gasteiger partial charge in [-0.25, -0.2) is 9.38 Å². The van der Waals surface area contributed by atoms with E-state index in [1.54, 1.807) is 48.5 Å². The second-order valence-corrected chi connectivity index (χ2v) is 10.1. The summed E-state index contributed by atoms with van der Waals surface area (Å²) in [7, 11) is 0. The molecule has 5 rings (SSSR count). The van der Waals surface area contributed by atoms with E-state index in [9.17, 15) is 23.6 Å². The normalized spacial score (nSPS) is 15.0. The van der Waals surface area contributed by atoms with E-state index in [-0.39, 0.29) is 18.7 Å². The zero-order chi connectivity index (χ0) is 30.3. The standard InChI is InChI=1S/C34H29FN4O4/c1-22(36-30(41)20-23-11-10-16-26(35)19-23)33(42)38-32-34(43)39(21-29(40)24-12-4-2-5-13-24)28-18-9-8-17-27(28)31(37-32)25-14-6-3-7-15-25/h2-19,22,32H,20-21H2,1H3,(H,36,41)(H,38,42)/t22-,32?/m0/s1. The van der Waals surface area contributed by atoms with Crippen LogP contribution in [0, 0.1) is 5.82 Å². The van der Waals surface area contributed by atoms with Crippen LogP contribution < -0.4 is 15.5 Å². The van der Waals surface area contributed by atoms with Crippen molar-refractivity contribution in [1.82, 2.24) is 10.6 Å². The summed E-state index contributed by atoms with van der Waals surface area (Å²) in [6.45, 7) is 1.21. The summed E-state index contributed by atoms with van der Waals surface area (Å²) in [5.74, 6) is -2.49. The van der Waals surface area contributed by atoms with Gasteiger partial charge in [0, 0.05) is 16.7 Å². The van der Waals surface area contributed by atoms with Gasteiger partial charge in [-0.2, -0.15) is 0 Å². The zero-order valence-corrected chi connectivity index (χ0v) is 23.4. The number of benzene rings is 4. The Bertz CT molecular complexity index is 1690. The Kier molecular flexibility index (Phi) is 8.81. The fourth-order valence-corrected chi connectivity index (χ4v) is 4.82. The lowest BCUT2D eigenvalue weighted by atomic mass is 10.00. The van der Waals surface area contributed by atoms with Gasteiger partial charge in [-0.05, 0) is 30.7 Å². The van der Waals surface area contributed by atoms with Crippen molar-refractivity contribution >= 4 is 34.9 Å². The van der Waals surface area contributed by atoms with Crippen LogP contribution in [0.25, 0.3) is 0 Å². The number of rotatable bonds is 9. The summed E-state index contributed by atoms with van der Waals surface area (Å²) in [5, 5.41) is 5.25. The summed E-state index contributed by atoms with van der Waals surface area (Å²) in [4.78, 5) is 59.2. The highest BCUT2D eigenvalue weighted by Crippen LogP contribution is 2.28. The van der Waals surface area contributed by atoms with Gasteiger partial charge in [0.1, 0.15) is 11.9 Å². The van der Waals surface area contributed by atoms with E-state index in [0.717, 1.165) is 5.56 Å². The molecule has 4 aromatic rings. The van der Waals surface area contributed by atoms with Gasteiger partial charge in [0.2, 0.25) is 18.0 Å². The average Bonchev–Trinajstić information content (AvgIpc) is 3.12. The Morgan fingerprint density at radius 3 is 2.28 bits per heavy atom. The maximum absolute atomic E-state index is 14.0. The molecule has 0 spiro atoms. The first-order valence-corrected chi connectivity index (χ1v) is 13.8. The molecule has 1 aliphatic rings. The molecule has 3 amide bonds. The molecule has 0 aromatic heterocycles. The van der Waals surface area contributed by atoms with Crippen LogP contribution in [0.15, 0.2) is 114 Å². The first-order chi connectivity index (χ1) is 20.8. The zero-order valence-electron chi connectivity index (χ0n) is 23.4. The number of hydrogen-bond acceptors (Lipinski definition) is 5. The third kappa shape index (κ3) is 6.90. The van der Waals surface area contributed by atoms with Crippen molar-refractivity contribution in [3.8, 4) is 0 Å². The number of carbonyl (C=O) groups is 4. The van der Waals surface area contributed by atoms with Crippen LogP contribution in [-0.4, -0.2) is 48.0 Å². The average molecular weight is 577 g/mol. The molecule has 1 heterocycles. The van der Waals surface area contributed by atoms with Gasteiger partial charge in [0.25, 0.3) is 5.91 Å². The number of nitrogens with one attached hydrogen (secondary N) is 2. The Labute approximate surface area is 248 Å². The first-order valence-electron chi connectivity index (χ1n) is 13.8. The quantitative estimate of drug-likeness (QED) is 0.293. The molecule has 43 heavy (non-hydrogen) atoms. The van der Waals surface area contributed by atoms with Crippen molar-refractivity contribution in [2.45, 2.75) is 25.6 Å². The van der Waals surface area contributed by atoms with E-state index in [1.807, 2.05) is 42.5 Å². The molecule has 0 radical (unpaired) electrons. The van der Waals surface area contributed by atoms with Crippen LogP contribution in [0.5, 0.6) is 0 Å². The number of amides is 3. The minimum absolute atomic E-state index is 0.126. The molecule has 1 aliphatic heterocycles. The lowest BCUT2D eigenvalue weighted by molar-refractivity contribution is -0.130. The van der Waals surface area contributed by atoms with Gasteiger partial charge in [0.15, 0.2) is 5.78 Å². The van der Waals surface area contributed by atoms with E-state index in [2.05, 4.69) is 10.6 Å². The smallest absolute Gasteiger partial charge is 0.272 e. The van der Waals surface area contributed by atoms with Crippen molar-refractivity contribution < 1.29 is 23.6 Å². The Morgan fingerprint density at radius 2 is 1.56 bits per heavy atom. The molecule has 2 atom stereocenters. The van der Waals surface area contributed by atoms with Crippen LogP contribution in [0.2, 0.25) is 0 Å². The number of fused-ring (bicyclic) bond motifs is 1. The number of para-hydroxylation sites is 1. The molecule has 9 heteroatoms. The second kappa shape index (κ2) is 13.0. The summed E-state index contributed by atoms with van der Waals surface area (Å²) in [5.41, 5.74) is 3.18. The van der Waals surface area contributed by atoms with Gasteiger partial charge in [-0.15, -0.1) is 0 Å². The molecule has 216 valence electrons. The Balaban J connectivity index is 1.43. The van der Waals surface area contributed by atoms with Crippen molar-refractivity contribution in [1.29, 1.82) is 0 Å². The maximum Gasteiger partial charge on any atom is 0.272 e.